The topological polar surface area (TPSA) is 49.4 Å². The maximum absolute atomic E-state index is 11.3. The van der Waals surface area contributed by atoms with E-state index < -0.39 is 9.84 Å². The Balaban J connectivity index is 1.87. The molecule has 1 saturated heterocycles. The van der Waals surface area contributed by atoms with Crippen molar-refractivity contribution in [1.29, 1.82) is 0 Å². The Morgan fingerprint density at radius 1 is 1.28 bits per heavy atom. The van der Waals surface area contributed by atoms with Gasteiger partial charge in [0.25, 0.3) is 0 Å². The van der Waals surface area contributed by atoms with Gasteiger partial charge < -0.3 is 10.2 Å². The number of hydrogen-bond acceptors (Lipinski definition) is 4. The molecule has 1 N–H and O–H groups in total. The summed E-state index contributed by atoms with van der Waals surface area (Å²) in [7, 11) is 1.23. The van der Waals surface area contributed by atoms with Crippen LogP contribution in [0.2, 0.25) is 0 Å². The Morgan fingerprint density at radius 2 is 1.94 bits per heavy atom. The molecule has 1 aromatic rings. The molecule has 0 unspecified atom stereocenters. The van der Waals surface area contributed by atoms with Crippen LogP contribution >= 0.6 is 0 Å². The molecule has 4 nitrogen and oxygen atoms in total. The fraction of sp³-hybridized carbons (Fsp3) is 0.538. The first-order valence-corrected chi connectivity index (χ1v) is 7.98. The largest absolute Gasteiger partial charge is 0.378 e. The highest BCUT2D eigenvalue weighted by Gasteiger charge is 2.27. The molecule has 1 aromatic carbocycles. The number of rotatable bonds is 4. The molecular weight excluding hydrogens is 248 g/mol. The summed E-state index contributed by atoms with van der Waals surface area (Å²) in [4.78, 5) is 2.06. The number of nitrogens with one attached hydrogen (secondary N) is 1. The van der Waals surface area contributed by atoms with Crippen LogP contribution in [0.15, 0.2) is 24.3 Å². The van der Waals surface area contributed by atoms with Gasteiger partial charge in [-0.1, -0.05) is 12.1 Å². The molecule has 1 fully saturated rings. The highest BCUT2D eigenvalue weighted by Crippen LogP contribution is 2.14. The normalized spacial score (nSPS) is 22.0. The quantitative estimate of drug-likeness (QED) is 0.886. The van der Waals surface area contributed by atoms with Gasteiger partial charge in [-0.3, -0.25) is 0 Å². The summed E-state index contributed by atoms with van der Waals surface area (Å²) in [5.74, 6) is 0.604. The third-order valence-electron chi connectivity index (χ3n) is 3.28. The van der Waals surface area contributed by atoms with E-state index in [-0.39, 0.29) is 11.8 Å². The summed E-state index contributed by atoms with van der Waals surface area (Å²) in [5, 5.41) is 3.31. The SMILES string of the molecule is CN(C)c1ccc(CN[C@H]2CCS(=O)(=O)C2)cc1. The van der Waals surface area contributed by atoms with Gasteiger partial charge in [-0.25, -0.2) is 8.42 Å². The van der Waals surface area contributed by atoms with E-state index in [0.29, 0.717) is 5.75 Å². The van der Waals surface area contributed by atoms with Gasteiger partial charge in [0.1, 0.15) is 0 Å². The van der Waals surface area contributed by atoms with E-state index in [1.807, 2.05) is 14.1 Å². The Bertz CT molecular complexity index is 494. The summed E-state index contributed by atoms with van der Waals surface area (Å²) >= 11 is 0. The zero-order valence-electron chi connectivity index (χ0n) is 10.9. The van der Waals surface area contributed by atoms with Crippen molar-refractivity contribution >= 4 is 15.5 Å². The predicted molar refractivity (Wildman–Crippen MR) is 74.7 cm³/mol. The van der Waals surface area contributed by atoms with Crippen LogP contribution in [0.5, 0.6) is 0 Å². The van der Waals surface area contributed by atoms with E-state index in [1.54, 1.807) is 0 Å². The summed E-state index contributed by atoms with van der Waals surface area (Å²) < 4.78 is 22.7. The van der Waals surface area contributed by atoms with E-state index >= 15 is 0 Å². The average Bonchev–Trinajstić information content (AvgIpc) is 2.67. The molecule has 1 atom stereocenters. The van der Waals surface area contributed by atoms with E-state index in [0.717, 1.165) is 13.0 Å². The lowest BCUT2D eigenvalue weighted by Crippen LogP contribution is -2.29. The zero-order chi connectivity index (χ0) is 13.2. The molecular formula is C13H20N2O2S. The van der Waals surface area contributed by atoms with Crippen LogP contribution in [0.25, 0.3) is 0 Å². The van der Waals surface area contributed by atoms with E-state index in [1.165, 1.54) is 11.3 Å². The second-order valence-corrected chi connectivity index (χ2v) is 7.27. The van der Waals surface area contributed by atoms with Gasteiger partial charge in [0, 0.05) is 32.4 Å². The molecule has 1 aliphatic heterocycles. The summed E-state index contributed by atoms with van der Waals surface area (Å²) in [6.45, 7) is 0.730. The minimum absolute atomic E-state index is 0.114. The lowest BCUT2D eigenvalue weighted by molar-refractivity contribution is 0.554. The van der Waals surface area contributed by atoms with E-state index in [2.05, 4.69) is 34.5 Å². The molecule has 0 aromatic heterocycles. The fourth-order valence-electron chi connectivity index (χ4n) is 2.13. The highest BCUT2D eigenvalue weighted by atomic mass is 32.2. The van der Waals surface area contributed by atoms with E-state index in [9.17, 15) is 8.42 Å². The van der Waals surface area contributed by atoms with Gasteiger partial charge in [-0.05, 0) is 24.1 Å². The van der Waals surface area contributed by atoms with Crippen LogP contribution < -0.4 is 10.2 Å². The van der Waals surface area contributed by atoms with Crippen LogP contribution in [0.4, 0.5) is 5.69 Å². The van der Waals surface area contributed by atoms with Crippen molar-refractivity contribution in [2.75, 3.05) is 30.5 Å². The standard InChI is InChI=1S/C13H20N2O2S/c1-15(2)13-5-3-11(4-6-13)9-14-12-7-8-18(16,17)10-12/h3-6,12,14H,7-10H2,1-2H3/t12-/m0/s1. The van der Waals surface area contributed by atoms with Gasteiger partial charge in [0.2, 0.25) is 0 Å². The van der Waals surface area contributed by atoms with E-state index in [4.69, 9.17) is 0 Å². The lowest BCUT2D eigenvalue weighted by Gasteiger charge is -2.14. The first-order valence-electron chi connectivity index (χ1n) is 6.16. The Morgan fingerprint density at radius 3 is 2.44 bits per heavy atom. The molecule has 0 spiro atoms. The number of sulfone groups is 1. The van der Waals surface area contributed by atoms with Gasteiger partial charge in [-0.15, -0.1) is 0 Å². The van der Waals surface area contributed by atoms with Crippen molar-refractivity contribution in [1.82, 2.24) is 5.32 Å². The molecule has 0 radical (unpaired) electrons. The van der Waals surface area contributed by atoms with Crippen LogP contribution in [-0.2, 0) is 16.4 Å². The average molecular weight is 268 g/mol. The maximum Gasteiger partial charge on any atom is 0.151 e. The molecule has 1 aliphatic rings. The zero-order valence-corrected chi connectivity index (χ0v) is 11.7. The summed E-state index contributed by atoms with van der Waals surface area (Å²) in [5.41, 5.74) is 2.35. The van der Waals surface area contributed by atoms with Crippen molar-refractivity contribution in [3.63, 3.8) is 0 Å². The molecule has 0 amide bonds. The monoisotopic (exact) mass is 268 g/mol. The molecule has 100 valence electrons. The third-order valence-corrected chi connectivity index (χ3v) is 5.05. The van der Waals surface area contributed by atoms with Crippen LogP contribution in [0, 0.1) is 0 Å². The molecule has 1 heterocycles. The highest BCUT2D eigenvalue weighted by molar-refractivity contribution is 7.91. The molecule has 0 saturated carbocycles. The summed E-state index contributed by atoms with van der Waals surface area (Å²) in [6.07, 6.45) is 0.734. The van der Waals surface area contributed by atoms with Gasteiger partial charge >= 0.3 is 0 Å². The predicted octanol–water partition coefficient (Wildman–Crippen LogP) is 1.03. The second-order valence-electron chi connectivity index (χ2n) is 5.04. The summed E-state index contributed by atoms with van der Waals surface area (Å²) in [6, 6.07) is 8.41. The van der Waals surface area contributed by atoms with Crippen molar-refractivity contribution < 1.29 is 8.42 Å². The number of benzene rings is 1. The molecule has 18 heavy (non-hydrogen) atoms. The Hall–Kier alpha value is -1.07. The molecule has 5 heteroatoms. The minimum Gasteiger partial charge on any atom is -0.378 e. The first kappa shape index (κ1) is 13.4. The minimum atomic E-state index is -2.79. The van der Waals surface area contributed by atoms with Crippen LogP contribution in [0.1, 0.15) is 12.0 Å². The molecule has 0 bridgehead atoms. The van der Waals surface area contributed by atoms with Gasteiger partial charge in [0.05, 0.1) is 11.5 Å². The lowest BCUT2D eigenvalue weighted by atomic mass is 10.2. The van der Waals surface area contributed by atoms with Crippen LogP contribution in [0.3, 0.4) is 0 Å². The van der Waals surface area contributed by atoms with Crippen molar-refractivity contribution in [2.45, 2.75) is 19.0 Å². The number of nitrogens with zero attached hydrogens (tertiary/aromatic N) is 1. The smallest absolute Gasteiger partial charge is 0.151 e. The molecule has 0 aliphatic carbocycles. The number of hydrogen-bond donors (Lipinski definition) is 1. The van der Waals surface area contributed by atoms with Crippen molar-refractivity contribution in [2.24, 2.45) is 0 Å². The fourth-order valence-corrected chi connectivity index (χ4v) is 3.84. The Labute approximate surface area is 109 Å². The number of anilines is 1. The van der Waals surface area contributed by atoms with Gasteiger partial charge in [0.15, 0.2) is 9.84 Å². The van der Waals surface area contributed by atoms with Crippen molar-refractivity contribution in [3.8, 4) is 0 Å². The third kappa shape index (κ3) is 3.46. The van der Waals surface area contributed by atoms with Gasteiger partial charge in [-0.2, -0.15) is 0 Å². The Kier molecular flexibility index (Phi) is 3.92. The molecule has 2 rings (SSSR count). The maximum atomic E-state index is 11.3. The van der Waals surface area contributed by atoms with Crippen molar-refractivity contribution in [3.05, 3.63) is 29.8 Å². The van der Waals surface area contributed by atoms with Crippen LogP contribution in [-0.4, -0.2) is 40.1 Å². The first-order chi connectivity index (χ1) is 8.46. The second kappa shape index (κ2) is 5.28.